The van der Waals surface area contributed by atoms with Gasteiger partial charge in [0.25, 0.3) is 11.7 Å². The van der Waals surface area contributed by atoms with E-state index in [2.05, 4.69) is 6.07 Å². The number of rotatable bonds is 11. The highest BCUT2D eigenvalue weighted by molar-refractivity contribution is 6.46. The van der Waals surface area contributed by atoms with Gasteiger partial charge in [0.15, 0.2) is 0 Å². The summed E-state index contributed by atoms with van der Waals surface area (Å²) in [6, 6.07) is 21.6. The summed E-state index contributed by atoms with van der Waals surface area (Å²) < 4.78 is 11.5. The number of carbonyl (C=O) groups excluding carboxylic acids is 2. The van der Waals surface area contributed by atoms with Crippen molar-refractivity contribution in [3.05, 3.63) is 101 Å². The number of Topliss-reactive ketones (excluding diaryl/α,β-unsaturated/α-hetero) is 1. The molecule has 0 unspecified atom stereocenters. The van der Waals surface area contributed by atoms with Gasteiger partial charge in [-0.2, -0.15) is 0 Å². The lowest BCUT2D eigenvalue weighted by Gasteiger charge is -2.26. The Hall–Kier alpha value is -4.10. The third-order valence-electron chi connectivity index (χ3n) is 6.67. The molecule has 1 heterocycles. The molecular weight excluding hydrogens is 492 g/mol. The number of hydrogen-bond acceptors (Lipinski definition) is 6. The zero-order valence-electron chi connectivity index (χ0n) is 23.0. The highest BCUT2D eigenvalue weighted by Crippen LogP contribution is 2.40. The quantitative estimate of drug-likeness (QED) is 0.205. The Kier molecular flexibility index (Phi) is 9.04. The van der Waals surface area contributed by atoms with Gasteiger partial charge in [-0.15, -0.1) is 0 Å². The van der Waals surface area contributed by atoms with E-state index < -0.39 is 17.7 Å². The van der Waals surface area contributed by atoms with Gasteiger partial charge >= 0.3 is 0 Å². The van der Waals surface area contributed by atoms with E-state index >= 15 is 0 Å². The minimum absolute atomic E-state index is 0.0856. The van der Waals surface area contributed by atoms with Crippen LogP contribution in [0.2, 0.25) is 0 Å². The van der Waals surface area contributed by atoms with Gasteiger partial charge < -0.3 is 24.4 Å². The molecule has 1 aliphatic rings. The van der Waals surface area contributed by atoms with Crippen molar-refractivity contribution in [2.75, 3.05) is 33.8 Å². The normalized spacial score (nSPS) is 16.6. The molecule has 0 radical (unpaired) electrons. The van der Waals surface area contributed by atoms with Gasteiger partial charge in [0.2, 0.25) is 0 Å². The maximum Gasteiger partial charge on any atom is 0.295 e. The molecule has 0 bridgehead atoms. The molecule has 1 N–H and O–H groups in total. The number of aliphatic hydroxyl groups excluding tert-OH is 1. The largest absolute Gasteiger partial charge is 0.507 e. The van der Waals surface area contributed by atoms with Gasteiger partial charge in [0.1, 0.15) is 23.9 Å². The smallest absolute Gasteiger partial charge is 0.295 e. The third-order valence-corrected chi connectivity index (χ3v) is 6.67. The van der Waals surface area contributed by atoms with Gasteiger partial charge in [-0.1, -0.05) is 42.0 Å². The van der Waals surface area contributed by atoms with E-state index in [9.17, 15) is 14.7 Å². The first-order valence-corrected chi connectivity index (χ1v) is 13.2. The Morgan fingerprint density at radius 1 is 0.949 bits per heavy atom. The number of carbonyl (C=O) groups is 2. The number of nitrogens with zero attached hydrogens (tertiary/aromatic N) is 2. The first-order chi connectivity index (χ1) is 18.8. The molecule has 0 spiro atoms. The number of ether oxygens (including phenoxy) is 2. The second kappa shape index (κ2) is 12.6. The molecule has 1 fully saturated rings. The lowest BCUT2D eigenvalue weighted by molar-refractivity contribution is -0.139. The van der Waals surface area contributed by atoms with Gasteiger partial charge in [-0.25, -0.2) is 0 Å². The predicted octanol–water partition coefficient (Wildman–Crippen LogP) is 5.35. The highest BCUT2D eigenvalue weighted by Gasteiger charge is 2.45. The number of aryl methyl sites for hydroxylation is 1. The van der Waals surface area contributed by atoms with Gasteiger partial charge in [-0.3, -0.25) is 9.59 Å². The molecule has 7 heteroatoms. The summed E-state index contributed by atoms with van der Waals surface area (Å²) in [5.41, 5.74) is 3.49. The summed E-state index contributed by atoms with van der Waals surface area (Å²) in [5, 5.41) is 11.3. The van der Waals surface area contributed by atoms with Crippen LogP contribution in [0.4, 0.5) is 0 Å². The molecule has 3 aromatic rings. The number of ketones is 1. The molecule has 3 aromatic carbocycles. The van der Waals surface area contributed by atoms with Crippen molar-refractivity contribution in [3.8, 4) is 11.5 Å². The SMILES string of the molecule is CCOc1ccc([C@H]2C(=C(O)c3ccc(OCc4cccc(C)c4)cc3)C(=O)C(=O)N2CCCN(C)C)cc1. The van der Waals surface area contributed by atoms with Crippen LogP contribution in [0.15, 0.2) is 78.4 Å². The molecule has 0 aromatic heterocycles. The van der Waals surface area contributed by atoms with E-state index in [0.29, 0.717) is 43.2 Å². The second-order valence-electron chi connectivity index (χ2n) is 9.95. The predicted molar refractivity (Wildman–Crippen MR) is 152 cm³/mol. The highest BCUT2D eigenvalue weighted by atomic mass is 16.5. The first kappa shape index (κ1) is 27.9. The minimum Gasteiger partial charge on any atom is -0.507 e. The summed E-state index contributed by atoms with van der Waals surface area (Å²) in [4.78, 5) is 30.0. The van der Waals surface area contributed by atoms with E-state index in [1.54, 1.807) is 29.2 Å². The van der Waals surface area contributed by atoms with Crippen molar-refractivity contribution < 1.29 is 24.2 Å². The average Bonchev–Trinajstić information content (AvgIpc) is 3.17. The van der Waals surface area contributed by atoms with E-state index in [1.165, 1.54) is 0 Å². The summed E-state index contributed by atoms with van der Waals surface area (Å²) in [6.07, 6.45) is 0.695. The molecule has 1 aliphatic heterocycles. The van der Waals surface area contributed by atoms with Crippen LogP contribution in [0, 0.1) is 6.92 Å². The Labute approximate surface area is 230 Å². The van der Waals surface area contributed by atoms with Crippen molar-refractivity contribution in [1.82, 2.24) is 9.80 Å². The zero-order valence-corrected chi connectivity index (χ0v) is 23.0. The standard InChI is InChI=1S/C32H36N2O5/c1-5-38-26-14-10-24(11-15-26)29-28(31(36)32(37)34(29)19-7-18-33(3)4)30(35)25-12-16-27(17-13-25)39-21-23-9-6-8-22(2)20-23/h6,8-17,20,29,35H,5,7,18-19,21H2,1-4H3/t29-/m0/s1. The number of likely N-dealkylation sites (tertiary alicyclic amines) is 1. The average molecular weight is 529 g/mol. The lowest BCUT2D eigenvalue weighted by Crippen LogP contribution is -2.32. The molecule has 7 nitrogen and oxygen atoms in total. The van der Waals surface area contributed by atoms with Crippen LogP contribution < -0.4 is 9.47 Å². The van der Waals surface area contributed by atoms with Crippen molar-refractivity contribution in [1.29, 1.82) is 0 Å². The fourth-order valence-electron chi connectivity index (χ4n) is 4.76. The van der Waals surface area contributed by atoms with Crippen LogP contribution in [0.5, 0.6) is 11.5 Å². The fraction of sp³-hybridized carbons (Fsp3) is 0.312. The number of hydrogen-bond donors (Lipinski definition) is 1. The maximum atomic E-state index is 13.3. The first-order valence-electron chi connectivity index (χ1n) is 13.2. The van der Waals surface area contributed by atoms with Crippen molar-refractivity contribution in [2.45, 2.75) is 32.9 Å². The Balaban J connectivity index is 1.63. The Bertz CT molecular complexity index is 1330. The van der Waals surface area contributed by atoms with Gasteiger partial charge in [0.05, 0.1) is 18.2 Å². The van der Waals surface area contributed by atoms with E-state index in [0.717, 1.165) is 23.2 Å². The van der Waals surface area contributed by atoms with Crippen LogP contribution in [-0.4, -0.2) is 60.4 Å². The molecule has 204 valence electrons. The minimum atomic E-state index is -0.694. The van der Waals surface area contributed by atoms with Crippen molar-refractivity contribution in [3.63, 3.8) is 0 Å². The number of amides is 1. The molecule has 0 aliphatic carbocycles. The molecule has 39 heavy (non-hydrogen) atoms. The van der Waals surface area contributed by atoms with Crippen molar-refractivity contribution in [2.24, 2.45) is 0 Å². The number of aliphatic hydroxyl groups is 1. The maximum absolute atomic E-state index is 13.3. The molecule has 1 saturated heterocycles. The van der Waals surface area contributed by atoms with E-state index in [4.69, 9.17) is 9.47 Å². The third kappa shape index (κ3) is 6.67. The topological polar surface area (TPSA) is 79.3 Å². The van der Waals surface area contributed by atoms with Crippen molar-refractivity contribution >= 4 is 17.4 Å². The van der Waals surface area contributed by atoms with Crippen LogP contribution in [0.1, 0.15) is 41.6 Å². The zero-order chi connectivity index (χ0) is 27.9. The van der Waals surface area contributed by atoms with Gasteiger partial charge in [0, 0.05) is 12.1 Å². The Morgan fingerprint density at radius 3 is 2.26 bits per heavy atom. The molecule has 0 saturated carbocycles. The van der Waals surface area contributed by atoms with E-state index in [-0.39, 0.29) is 11.3 Å². The molecule has 1 atom stereocenters. The summed E-state index contributed by atoms with van der Waals surface area (Å²) in [5.74, 6) is -0.150. The van der Waals surface area contributed by atoms with E-state index in [1.807, 2.05) is 75.3 Å². The second-order valence-corrected chi connectivity index (χ2v) is 9.95. The molecule has 1 amide bonds. The molecular formula is C32H36N2O5. The van der Waals surface area contributed by atoms with Crippen LogP contribution >= 0.6 is 0 Å². The van der Waals surface area contributed by atoms with Crippen LogP contribution in [-0.2, 0) is 16.2 Å². The van der Waals surface area contributed by atoms with Crippen LogP contribution in [0.3, 0.4) is 0 Å². The Morgan fingerprint density at radius 2 is 1.62 bits per heavy atom. The number of benzene rings is 3. The summed E-state index contributed by atoms with van der Waals surface area (Å²) in [6.45, 7) is 6.06. The summed E-state index contributed by atoms with van der Waals surface area (Å²) >= 11 is 0. The fourth-order valence-corrected chi connectivity index (χ4v) is 4.76. The monoisotopic (exact) mass is 528 g/mol. The molecule has 4 rings (SSSR count). The van der Waals surface area contributed by atoms with Crippen LogP contribution in [0.25, 0.3) is 5.76 Å². The summed E-state index contributed by atoms with van der Waals surface area (Å²) in [7, 11) is 3.93. The lowest BCUT2D eigenvalue weighted by atomic mass is 9.95. The van der Waals surface area contributed by atoms with Gasteiger partial charge in [-0.05, 0) is 88.4 Å².